The normalized spacial score (nSPS) is 16.0. The molecular weight excluding hydrogens is 276 g/mol. The molecule has 0 bridgehead atoms. The van der Waals surface area contributed by atoms with Crippen molar-refractivity contribution >= 4 is 11.8 Å². The summed E-state index contributed by atoms with van der Waals surface area (Å²) in [7, 11) is 0. The molecule has 0 radical (unpaired) electrons. The van der Waals surface area contributed by atoms with Gasteiger partial charge in [-0.1, -0.05) is 6.92 Å². The van der Waals surface area contributed by atoms with Crippen LogP contribution in [0.25, 0.3) is 0 Å². The zero-order chi connectivity index (χ0) is 15.4. The van der Waals surface area contributed by atoms with Crippen molar-refractivity contribution in [2.45, 2.75) is 19.9 Å². The van der Waals surface area contributed by atoms with Gasteiger partial charge in [-0.3, -0.25) is 9.88 Å². The number of piperazine rings is 1. The molecule has 2 N–H and O–H groups in total. The minimum atomic E-state index is 0.353. The molecule has 2 aromatic rings. The molecule has 1 fully saturated rings. The molecule has 0 saturated carbocycles. The topological polar surface area (TPSA) is 71.2 Å². The SMILES string of the molecule is CCc1cnc(N)nc1N1CCN(Cc2ccncc2)CC1. The number of hydrogen-bond donors (Lipinski definition) is 1. The summed E-state index contributed by atoms with van der Waals surface area (Å²) >= 11 is 0. The Labute approximate surface area is 131 Å². The van der Waals surface area contributed by atoms with E-state index in [1.807, 2.05) is 18.6 Å². The summed E-state index contributed by atoms with van der Waals surface area (Å²) in [6.45, 7) is 7.08. The van der Waals surface area contributed by atoms with Crippen LogP contribution in [-0.4, -0.2) is 46.0 Å². The second-order valence-corrected chi connectivity index (χ2v) is 5.55. The van der Waals surface area contributed by atoms with Crippen LogP contribution in [0.1, 0.15) is 18.1 Å². The van der Waals surface area contributed by atoms with Gasteiger partial charge in [-0.2, -0.15) is 4.98 Å². The minimum absolute atomic E-state index is 0.353. The predicted molar refractivity (Wildman–Crippen MR) is 87.5 cm³/mol. The van der Waals surface area contributed by atoms with Crippen molar-refractivity contribution < 1.29 is 0 Å². The number of nitrogens with zero attached hydrogens (tertiary/aromatic N) is 5. The van der Waals surface area contributed by atoms with Gasteiger partial charge in [0.25, 0.3) is 0 Å². The van der Waals surface area contributed by atoms with Crippen molar-refractivity contribution in [3.8, 4) is 0 Å². The quantitative estimate of drug-likeness (QED) is 0.918. The number of nitrogens with two attached hydrogens (primary N) is 1. The molecule has 116 valence electrons. The first-order valence-corrected chi connectivity index (χ1v) is 7.74. The minimum Gasteiger partial charge on any atom is -0.368 e. The fraction of sp³-hybridized carbons (Fsp3) is 0.438. The van der Waals surface area contributed by atoms with Gasteiger partial charge < -0.3 is 10.6 Å². The maximum Gasteiger partial charge on any atom is 0.221 e. The average Bonchev–Trinajstić information content (AvgIpc) is 2.56. The van der Waals surface area contributed by atoms with Crippen molar-refractivity contribution in [2.24, 2.45) is 0 Å². The highest BCUT2D eigenvalue weighted by molar-refractivity contribution is 5.49. The Bertz CT molecular complexity index is 607. The fourth-order valence-electron chi connectivity index (χ4n) is 2.80. The van der Waals surface area contributed by atoms with Gasteiger partial charge in [-0.25, -0.2) is 4.98 Å². The number of anilines is 2. The number of pyridine rings is 1. The number of rotatable bonds is 4. The van der Waals surface area contributed by atoms with E-state index >= 15 is 0 Å². The molecule has 0 aromatic carbocycles. The van der Waals surface area contributed by atoms with Crippen LogP contribution >= 0.6 is 0 Å². The number of hydrogen-bond acceptors (Lipinski definition) is 6. The van der Waals surface area contributed by atoms with Crippen molar-refractivity contribution in [1.29, 1.82) is 0 Å². The summed E-state index contributed by atoms with van der Waals surface area (Å²) < 4.78 is 0. The second kappa shape index (κ2) is 6.70. The number of aromatic nitrogens is 3. The van der Waals surface area contributed by atoms with Gasteiger partial charge in [0, 0.05) is 56.9 Å². The first kappa shape index (κ1) is 14.7. The van der Waals surface area contributed by atoms with Gasteiger partial charge in [0.15, 0.2) is 0 Å². The maximum absolute atomic E-state index is 5.75. The summed E-state index contributed by atoms with van der Waals surface area (Å²) in [6, 6.07) is 4.15. The molecule has 0 amide bonds. The van der Waals surface area contributed by atoms with Crippen molar-refractivity contribution in [1.82, 2.24) is 19.9 Å². The maximum atomic E-state index is 5.75. The van der Waals surface area contributed by atoms with E-state index in [1.54, 1.807) is 0 Å². The van der Waals surface area contributed by atoms with Gasteiger partial charge in [0.2, 0.25) is 5.95 Å². The molecule has 2 aromatic heterocycles. The Morgan fingerprint density at radius 3 is 2.55 bits per heavy atom. The number of nitrogen functional groups attached to an aromatic ring is 1. The molecular formula is C16H22N6. The largest absolute Gasteiger partial charge is 0.368 e. The zero-order valence-electron chi connectivity index (χ0n) is 12.9. The van der Waals surface area contributed by atoms with Crippen LogP contribution in [0.15, 0.2) is 30.7 Å². The highest BCUT2D eigenvalue weighted by Crippen LogP contribution is 2.20. The van der Waals surface area contributed by atoms with Crippen LogP contribution < -0.4 is 10.6 Å². The predicted octanol–water partition coefficient (Wildman–Crippen LogP) is 1.34. The van der Waals surface area contributed by atoms with Crippen LogP contribution in [0.5, 0.6) is 0 Å². The number of aryl methyl sites for hydroxylation is 1. The monoisotopic (exact) mass is 298 g/mol. The third-order valence-electron chi connectivity index (χ3n) is 4.07. The Hall–Kier alpha value is -2.21. The molecule has 0 atom stereocenters. The molecule has 0 unspecified atom stereocenters. The lowest BCUT2D eigenvalue weighted by molar-refractivity contribution is 0.249. The lowest BCUT2D eigenvalue weighted by Crippen LogP contribution is -2.46. The summed E-state index contributed by atoms with van der Waals surface area (Å²) in [5, 5.41) is 0. The Morgan fingerprint density at radius 2 is 1.86 bits per heavy atom. The molecule has 22 heavy (non-hydrogen) atoms. The smallest absolute Gasteiger partial charge is 0.221 e. The van der Waals surface area contributed by atoms with Crippen LogP contribution in [-0.2, 0) is 13.0 Å². The highest BCUT2D eigenvalue weighted by Gasteiger charge is 2.20. The molecule has 1 aliphatic heterocycles. The van der Waals surface area contributed by atoms with Gasteiger partial charge >= 0.3 is 0 Å². The summed E-state index contributed by atoms with van der Waals surface area (Å²) in [6.07, 6.45) is 6.47. The molecule has 0 aliphatic carbocycles. The molecule has 1 saturated heterocycles. The first-order chi connectivity index (χ1) is 10.8. The van der Waals surface area contributed by atoms with Crippen LogP contribution in [0, 0.1) is 0 Å². The van der Waals surface area contributed by atoms with Gasteiger partial charge in [-0.05, 0) is 24.1 Å². The lowest BCUT2D eigenvalue weighted by Gasteiger charge is -2.36. The Balaban J connectivity index is 1.63. The van der Waals surface area contributed by atoms with Crippen LogP contribution in [0.3, 0.4) is 0 Å². The van der Waals surface area contributed by atoms with Gasteiger partial charge in [0.1, 0.15) is 5.82 Å². The lowest BCUT2D eigenvalue weighted by atomic mass is 10.2. The first-order valence-electron chi connectivity index (χ1n) is 7.74. The summed E-state index contributed by atoms with van der Waals surface area (Å²) in [5.74, 6) is 1.35. The van der Waals surface area contributed by atoms with E-state index in [0.717, 1.165) is 50.5 Å². The molecule has 1 aliphatic rings. The van der Waals surface area contributed by atoms with Crippen LogP contribution in [0.2, 0.25) is 0 Å². The Kier molecular flexibility index (Phi) is 4.48. The van der Waals surface area contributed by atoms with Gasteiger partial charge in [0.05, 0.1) is 0 Å². The molecule has 6 nitrogen and oxygen atoms in total. The molecule has 3 heterocycles. The molecule has 6 heteroatoms. The van der Waals surface area contributed by atoms with E-state index in [1.165, 1.54) is 5.56 Å². The van der Waals surface area contributed by atoms with E-state index in [9.17, 15) is 0 Å². The van der Waals surface area contributed by atoms with E-state index in [0.29, 0.717) is 5.95 Å². The van der Waals surface area contributed by atoms with Crippen molar-refractivity contribution in [3.63, 3.8) is 0 Å². The van der Waals surface area contributed by atoms with E-state index in [2.05, 4.69) is 43.8 Å². The Morgan fingerprint density at radius 1 is 1.14 bits per heavy atom. The van der Waals surface area contributed by atoms with E-state index < -0.39 is 0 Å². The van der Waals surface area contributed by atoms with Crippen molar-refractivity contribution in [2.75, 3.05) is 36.8 Å². The summed E-state index contributed by atoms with van der Waals surface area (Å²) in [4.78, 5) is 17.4. The third-order valence-corrected chi connectivity index (χ3v) is 4.07. The average molecular weight is 298 g/mol. The standard InChI is InChI=1S/C16H22N6/c1-2-14-11-19-16(17)20-15(14)22-9-7-21(8-10-22)12-13-3-5-18-6-4-13/h3-6,11H,2,7-10,12H2,1H3,(H2,17,19,20). The summed E-state index contributed by atoms with van der Waals surface area (Å²) in [5.41, 5.74) is 8.23. The van der Waals surface area contributed by atoms with E-state index in [-0.39, 0.29) is 0 Å². The highest BCUT2D eigenvalue weighted by atomic mass is 15.3. The van der Waals surface area contributed by atoms with Gasteiger partial charge in [-0.15, -0.1) is 0 Å². The van der Waals surface area contributed by atoms with Crippen LogP contribution in [0.4, 0.5) is 11.8 Å². The molecule has 0 spiro atoms. The van der Waals surface area contributed by atoms with Crippen molar-refractivity contribution in [3.05, 3.63) is 41.9 Å². The zero-order valence-corrected chi connectivity index (χ0v) is 12.9. The third kappa shape index (κ3) is 3.33. The van der Waals surface area contributed by atoms with E-state index in [4.69, 9.17) is 5.73 Å². The fourth-order valence-corrected chi connectivity index (χ4v) is 2.80. The second-order valence-electron chi connectivity index (χ2n) is 5.55. The molecule has 3 rings (SSSR count).